The lowest BCUT2D eigenvalue weighted by molar-refractivity contribution is -0.313. The van der Waals surface area contributed by atoms with Crippen molar-refractivity contribution >= 4 is 8.07 Å². The maximum Gasteiger partial charge on any atom is 0.164 e. The van der Waals surface area contributed by atoms with Gasteiger partial charge in [0, 0.05) is 18.4 Å². The summed E-state index contributed by atoms with van der Waals surface area (Å²) < 4.78 is 24.1. The molecule has 1 aromatic carbocycles. The molecule has 220 valence electrons. The summed E-state index contributed by atoms with van der Waals surface area (Å²) in [7, 11) is -0.141. The number of unbranched alkanes of at least 4 members (excludes halogenated alkanes) is 1. The van der Waals surface area contributed by atoms with E-state index in [4.69, 9.17) is 18.9 Å². The van der Waals surface area contributed by atoms with Crippen LogP contribution in [0.25, 0.3) is 0 Å². The van der Waals surface area contributed by atoms with Gasteiger partial charge in [0.05, 0.1) is 19.8 Å². The first kappa shape index (κ1) is 33.6. The highest BCUT2D eigenvalue weighted by atomic mass is 28.3. The molecule has 1 fully saturated rings. The Morgan fingerprint density at radius 2 is 1.59 bits per heavy atom. The summed E-state index contributed by atoms with van der Waals surface area (Å²) >= 11 is 0. The number of ether oxygens (including phenoxy) is 4. The molecule has 39 heavy (non-hydrogen) atoms. The van der Waals surface area contributed by atoms with Crippen molar-refractivity contribution in [2.75, 3.05) is 13.7 Å². The maximum absolute atomic E-state index is 6.53. The molecule has 0 amide bonds. The molecule has 0 aliphatic carbocycles. The van der Waals surface area contributed by atoms with Crippen LogP contribution in [0.3, 0.4) is 0 Å². The van der Waals surface area contributed by atoms with Gasteiger partial charge in [-0.1, -0.05) is 85.1 Å². The van der Waals surface area contributed by atoms with E-state index >= 15 is 0 Å². The first-order valence-corrected chi connectivity index (χ1v) is 17.2. The molecule has 0 N–H and O–H groups in total. The molecular formula is C34H56O4Si. The fourth-order valence-corrected chi connectivity index (χ4v) is 11.5. The molecule has 1 aromatic rings. The van der Waals surface area contributed by atoms with Gasteiger partial charge in [-0.05, 0) is 67.9 Å². The van der Waals surface area contributed by atoms with E-state index < -0.39 is 13.9 Å². The molecule has 0 aromatic heterocycles. The molecular weight excluding hydrogens is 500 g/mol. The van der Waals surface area contributed by atoms with Crippen LogP contribution in [0.4, 0.5) is 0 Å². The van der Waals surface area contributed by atoms with E-state index in [0.717, 1.165) is 30.8 Å². The molecule has 1 aliphatic heterocycles. The minimum absolute atomic E-state index is 0.0591. The summed E-state index contributed by atoms with van der Waals surface area (Å²) in [6, 6.07) is 8.05. The Balaban J connectivity index is 2.02. The lowest BCUT2D eigenvalue weighted by Gasteiger charge is -2.46. The molecule has 1 aliphatic rings. The standard InChI is InChI=1S/C34H56O4Si/c1-24(2)39(25(3)4,26(5)6)22-20-32-29(9)33(38-34(10,11)37-32)28(8)27(7)15-13-14-21-36-23-30-16-18-31(35-12)19-17-30/h15-19,24-26,28-29,32-33H,13-14,21,23H2,1-12H3/b27-15+/t28-,29-,32-,33-/m0/s1. The topological polar surface area (TPSA) is 36.9 Å². The Morgan fingerprint density at radius 3 is 2.13 bits per heavy atom. The lowest BCUT2D eigenvalue weighted by Crippen LogP contribution is -2.52. The van der Waals surface area contributed by atoms with Crippen LogP contribution in [0.5, 0.6) is 5.75 Å². The normalized spacial score (nSPS) is 22.6. The second-order valence-corrected chi connectivity index (χ2v) is 18.4. The quantitative estimate of drug-likeness (QED) is 0.111. The van der Waals surface area contributed by atoms with Gasteiger partial charge >= 0.3 is 0 Å². The summed E-state index contributed by atoms with van der Waals surface area (Å²) in [4.78, 5) is 0. The van der Waals surface area contributed by atoms with Gasteiger partial charge in [-0.2, -0.15) is 0 Å². The monoisotopic (exact) mass is 556 g/mol. The highest BCUT2D eigenvalue weighted by Gasteiger charge is 2.45. The predicted molar refractivity (Wildman–Crippen MR) is 167 cm³/mol. The van der Waals surface area contributed by atoms with Crippen LogP contribution in [0.15, 0.2) is 35.9 Å². The van der Waals surface area contributed by atoms with Crippen molar-refractivity contribution in [1.29, 1.82) is 0 Å². The molecule has 0 saturated carbocycles. The number of hydrogen-bond donors (Lipinski definition) is 0. The SMILES string of the molecule is COc1ccc(COCCC/C=C(\C)[C@H](C)[C@@H]2OC(C)(C)O[C@@H](C#C[Si](C(C)C)(C(C)C)C(C)C)[C@@H]2C)cc1. The molecule has 1 heterocycles. The van der Waals surface area contributed by atoms with Crippen molar-refractivity contribution in [3.8, 4) is 17.2 Å². The fraction of sp³-hybridized carbons (Fsp3) is 0.706. The number of rotatable bonds is 12. The highest BCUT2D eigenvalue weighted by molar-refractivity contribution is 6.90. The van der Waals surface area contributed by atoms with E-state index in [-0.39, 0.29) is 24.0 Å². The van der Waals surface area contributed by atoms with Crippen molar-refractivity contribution in [3.63, 3.8) is 0 Å². The Hall–Kier alpha value is -1.58. The van der Waals surface area contributed by atoms with E-state index in [0.29, 0.717) is 23.2 Å². The van der Waals surface area contributed by atoms with Gasteiger partial charge in [0.15, 0.2) is 5.79 Å². The summed E-state index contributed by atoms with van der Waals surface area (Å²) in [6.45, 7) is 26.4. The van der Waals surface area contributed by atoms with Gasteiger partial charge in [0.25, 0.3) is 0 Å². The van der Waals surface area contributed by atoms with Gasteiger partial charge in [0.1, 0.15) is 19.9 Å². The number of hydrogen-bond acceptors (Lipinski definition) is 4. The van der Waals surface area contributed by atoms with Crippen molar-refractivity contribution in [2.45, 2.75) is 130 Å². The number of allylic oxidation sites excluding steroid dienone is 1. The summed E-state index contributed by atoms with van der Waals surface area (Å²) in [5, 5.41) is 0. The molecule has 5 heteroatoms. The Kier molecular flexibility index (Phi) is 12.8. The molecule has 2 rings (SSSR count). The zero-order valence-corrected chi connectivity index (χ0v) is 27.9. The van der Waals surface area contributed by atoms with E-state index in [1.165, 1.54) is 5.57 Å². The van der Waals surface area contributed by atoms with Gasteiger partial charge < -0.3 is 18.9 Å². The molecule has 0 radical (unpaired) electrons. The predicted octanol–water partition coefficient (Wildman–Crippen LogP) is 8.95. The van der Waals surface area contributed by atoms with Crippen molar-refractivity contribution < 1.29 is 18.9 Å². The maximum atomic E-state index is 6.53. The first-order chi connectivity index (χ1) is 18.2. The number of methoxy groups -OCH3 is 1. The van der Waals surface area contributed by atoms with E-state index in [9.17, 15) is 0 Å². The van der Waals surface area contributed by atoms with Crippen molar-refractivity contribution in [3.05, 3.63) is 41.5 Å². The Labute approximate surface area is 241 Å². The van der Waals surface area contributed by atoms with Crippen molar-refractivity contribution in [2.24, 2.45) is 11.8 Å². The largest absolute Gasteiger partial charge is 0.497 e. The van der Waals surface area contributed by atoms with E-state index in [1.807, 2.05) is 26.0 Å². The third-order valence-electron chi connectivity index (χ3n) is 8.72. The van der Waals surface area contributed by atoms with Crippen LogP contribution in [0, 0.1) is 23.3 Å². The third kappa shape index (κ3) is 8.95. The molecule has 0 spiro atoms. The van der Waals surface area contributed by atoms with Gasteiger partial charge in [-0.15, -0.1) is 5.54 Å². The average Bonchev–Trinajstić information content (AvgIpc) is 2.87. The van der Waals surface area contributed by atoms with Gasteiger partial charge in [-0.25, -0.2) is 0 Å². The van der Waals surface area contributed by atoms with Crippen LogP contribution < -0.4 is 4.74 Å². The lowest BCUT2D eigenvalue weighted by atomic mass is 9.83. The molecule has 0 unspecified atom stereocenters. The zero-order chi connectivity index (χ0) is 29.4. The summed E-state index contributed by atoms with van der Waals surface area (Å²) in [6.07, 6.45) is 4.28. The average molecular weight is 557 g/mol. The van der Waals surface area contributed by atoms with Crippen molar-refractivity contribution in [1.82, 2.24) is 0 Å². The Bertz CT molecular complexity index is 945. The molecule has 0 bridgehead atoms. The van der Waals surface area contributed by atoms with E-state index in [1.54, 1.807) is 7.11 Å². The van der Waals surface area contributed by atoms with Gasteiger partial charge in [0.2, 0.25) is 0 Å². The number of benzene rings is 1. The highest BCUT2D eigenvalue weighted by Crippen LogP contribution is 2.42. The molecule has 4 nitrogen and oxygen atoms in total. The fourth-order valence-electron chi connectivity index (χ4n) is 6.27. The zero-order valence-electron chi connectivity index (χ0n) is 26.9. The van der Waals surface area contributed by atoms with E-state index in [2.05, 4.69) is 92.0 Å². The van der Waals surface area contributed by atoms with Crippen LogP contribution in [0.1, 0.15) is 94.6 Å². The van der Waals surface area contributed by atoms with Gasteiger partial charge in [-0.3, -0.25) is 0 Å². The summed E-state index contributed by atoms with van der Waals surface area (Å²) in [5.41, 5.74) is 8.24. The smallest absolute Gasteiger partial charge is 0.164 e. The Morgan fingerprint density at radius 1 is 1.00 bits per heavy atom. The van der Waals surface area contributed by atoms with Crippen LogP contribution in [0.2, 0.25) is 16.6 Å². The van der Waals surface area contributed by atoms with Crippen LogP contribution >= 0.6 is 0 Å². The van der Waals surface area contributed by atoms with Crippen LogP contribution in [-0.2, 0) is 20.8 Å². The van der Waals surface area contributed by atoms with Crippen LogP contribution in [-0.4, -0.2) is 39.8 Å². The minimum atomic E-state index is -1.82. The minimum Gasteiger partial charge on any atom is -0.497 e. The second kappa shape index (κ2) is 14.9. The molecule has 4 atom stereocenters. The second-order valence-electron chi connectivity index (χ2n) is 12.8. The third-order valence-corrected chi connectivity index (χ3v) is 15.0. The molecule has 1 saturated heterocycles. The first-order valence-electron chi connectivity index (χ1n) is 15.0. The summed E-state index contributed by atoms with van der Waals surface area (Å²) in [5.74, 6) is 4.38.